The van der Waals surface area contributed by atoms with Crippen LogP contribution in [0.15, 0.2) is 11.6 Å². The van der Waals surface area contributed by atoms with Gasteiger partial charge in [-0.2, -0.15) is 0 Å². The largest absolute Gasteiger partial charge is 0.396 e. The first-order valence-electron chi connectivity index (χ1n) is 11.0. The summed E-state index contributed by atoms with van der Waals surface area (Å²) in [5.74, 6) is 4.72. The van der Waals surface area contributed by atoms with Gasteiger partial charge in [0.1, 0.15) is 0 Å². The van der Waals surface area contributed by atoms with Gasteiger partial charge >= 0.3 is 0 Å². The van der Waals surface area contributed by atoms with Crippen molar-refractivity contribution in [1.82, 2.24) is 0 Å². The zero-order chi connectivity index (χ0) is 18.2. The third-order valence-electron chi connectivity index (χ3n) is 8.47. The van der Waals surface area contributed by atoms with Crippen molar-refractivity contribution in [3.8, 4) is 0 Å². The van der Waals surface area contributed by atoms with Gasteiger partial charge in [-0.1, -0.05) is 39.3 Å². The Hall–Kier alpha value is -0.340. The third kappa shape index (κ3) is 3.23. The van der Waals surface area contributed by atoms with Gasteiger partial charge in [-0.15, -0.1) is 0 Å². The lowest BCUT2D eigenvalue weighted by atomic mass is 9.50. The monoisotopic (exact) mass is 348 g/mol. The molecular weight excluding hydrogens is 308 g/mol. The predicted molar refractivity (Wildman–Crippen MR) is 104 cm³/mol. The highest BCUT2D eigenvalue weighted by atomic mass is 16.3. The molecular formula is C23H40O2. The van der Waals surface area contributed by atoms with Crippen LogP contribution in [0, 0.1) is 40.9 Å². The highest BCUT2D eigenvalue weighted by molar-refractivity contribution is 5.24. The van der Waals surface area contributed by atoms with Crippen LogP contribution in [0.3, 0.4) is 0 Å². The summed E-state index contributed by atoms with van der Waals surface area (Å²) < 4.78 is 0. The molecule has 0 aromatic rings. The number of rotatable bonds is 2. The molecule has 2 nitrogen and oxygen atoms in total. The summed E-state index contributed by atoms with van der Waals surface area (Å²) in [6, 6.07) is 0. The molecule has 4 rings (SSSR count). The van der Waals surface area contributed by atoms with Crippen molar-refractivity contribution in [2.45, 2.75) is 85.2 Å². The Morgan fingerprint density at radius 1 is 1.08 bits per heavy atom. The summed E-state index contributed by atoms with van der Waals surface area (Å²) in [5.41, 5.74) is 1.95. The van der Waals surface area contributed by atoms with Crippen molar-refractivity contribution in [3.05, 3.63) is 11.6 Å². The first-order chi connectivity index (χ1) is 12.0. The Morgan fingerprint density at radius 3 is 2.52 bits per heavy atom. The zero-order valence-electron chi connectivity index (χ0n) is 16.9. The van der Waals surface area contributed by atoms with Crippen molar-refractivity contribution < 1.29 is 10.2 Å². The van der Waals surface area contributed by atoms with Crippen molar-refractivity contribution >= 4 is 0 Å². The zero-order valence-corrected chi connectivity index (χ0v) is 16.9. The average molecular weight is 349 g/mol. The van der Waals surface area contributed by atoms with Gasteiger partial charge in [0.2, 0.25) is 0 Å². The molecule has 2 heteroatoms. The smallest absolute Gasteiger partial charge is 0.0577 e. The van der Waals surface area contributed by atoms with Crippen LogP contribution in [0.2, 0.25) is 0 Å². The maximum absolute atomic E-state index is 10.1. The molecule has 25 heavy (non-hydrogen) atoms. The van der Waals surface area contributed by atoms with E-state index in [2.05, 4.69) is 19.9 Å². The molecule has 0 aliphatic heterocycles. The average Bonchev–Trinajstić information content (AvgIpc) is 3.07. The summed E-state index contributed by atoms with van der Waals surface area (Å²) >= 11 is 0. The number of hydrogen-bond acceptors (Lipinski definition) is 2. The summed E-state index contributed by atoms with van der Waals surface area (Å²) in [6.07, 6.45) is 12.3. The topological polar surface area (TPSA) is 40.5 Å². The highest BCUT2D eigenvalue weighted by Gasteiger charge is 2.54. The number of hydrogen-bond donors (Lipinski definition) is 2. The SMILES string of the molecule is CC.CC(CO)C1CCC2C1CCC1C2CC=C2CC(O)CCC21C. The van der Waals surface area contributed by atoms with E-state index < -0.39 is 0 Å². The van der Waals surface area contributed by atoms with Crippen LogP contribution in [-0.4, -0.2) is 22.9 Å². The van der Waals surface area contributed by atoms with Gasteiger partial charge in [0, 0.05) is 6.61 Å². The molecule has 4 aliphatic rings. The second-order valence-electron chi connectivity index (χ2n) is 9.36. The molecule has 8 unspecified atom stereocenters. The van der Waals surface area contributed by atoms with Gasteiger partial charge in [-0.25, -0.2) is 0 Å². The Morgan fingerprint density at radius 2 is 1.80 bits per heavy atom. The molecule has 144 valence electrons. The Kier molecular flexibility index (Phi) is 6.00. The molecule has 0 saturated heterocycles. The Labute approximate surface area is 155 Å². The van der Waals surface area contributed by atoms with Gasteiger partial charge < -0.3 is 10.2 Å². The van der Waals surface area contributed by atoms with Crippen LogP contribution < -0.4 is 0 Å². The van der Waals surface area contributed by atoms with Gasteiger partial charge in [0.15, 0.2) is 0 Å². The molecule has 4 aliphatic carbocycles. The number of aliphatic hydroxyl groups excluding tert-OH is 2. The second kappa shape index (κ2) is 7.72. The Balaban J connectivity index is 0.000000880. The summed E-state index contributed by atoms with van der Waals surface area (Å²) in [6.45, 7) is 9.12. The summed E-state index contributed by atoms with van der Waals surface area (Å²) in [4.78, 5) is 0. The molecule has 0 bridgehead atoms. The van der Waals surface area contributed by atoms with Gasteiger partial charge in [0.05, 0.1) is 6.10 Å². The minimum atomic E-state index is -0.0940. The van der Waals surface area contributed by atoms with Crippen molar-refractivity contribution in [2.75, 3.05) is 6.61 Å². The lowest BCUT2D eigenvalue weighted by Gasteiger charge is -2.55. The standard InChI is InChI=1S/C21H34O2.C2H6/c1-13(12-22)16-5-6-18-17(16)7-8-20-19(18)4-3-14-11-15(23)9-10-21(14,20)2;1-2/h3,13,15-20,22-23H,4-12H2,1-2H3;1-2H3. The van der Waals surface area contributed by atoms with E-state index in [0.29, 0.717) is 17.9 Å². The molecule has 0 heterocycles. The third-order valence-corrected chi connectivity index (χ3v) is 8.47. The molecule has 0 aromatic carbocycles. The molecule has 0 aromatic heterocycles. The fourth-order valence-corrected chi connectivity index (χ4v) is 7.18. The van der Waals surface area contributed by atoms with E-state index in [4.69, 9.17) is 0 Å². The molecule has 2 N–H and O–H groups in total. The molecule has 3 fully saturated rings. The van der Waals surface area contributed by atoms with E-state index in [0.717, 1.165) is 42.4 Å². The van der Waals surface area contributed by atoms with Crippen LogP contribution in [0.1, 0.15) is 79.1 Å². The predicted octanol–water partition coefficient (Wildman–Crippen LogP) is 5.19. The van der Waals surface area contributed by atoms with Crippen LogP contribution in [0.5, 0.6) is 0 Å². The lowest BCUT2D eigenvalue weighted by Crippen LogP contribution is -2.47. The summed E-state index contributed by atoms with van der Waals surface area (Å²) in [5, 5.41) is 19.7. The molecule has 8 atom stereocenters. The fraction of sp³-hybridized carbons (Fsp3) is 0.913. The van der Waals surface area contributed by atoms with Crippen molar-refractivity contribution in [2.24, 2.45) is 40.9 Å². The van der Waals surface area contributed by atoms with E-state index in [1.807, 2.05) is 13.8 Å². The number of aliphatic hydroxyl groups is 2. The molecule has 0 radical (unpaired) electrons. The second-order valence-corrected chi connectivity index (χ2v) is 9.36. The normalized spacial score (nSPS) is 46.7. The van der Waals surface area contributed by atoms with Gasteiger partial charge in [-0.05, 0) is 92.3 Å². The molecule has 0 spiro atoms. The van der Waals surface area contributed by atoms with Gasteiger partial charge in [-0.3, -0.25) is 0 Å². The first-order valence-corrected chi connectivity index (χ1v) is 11.0. The fourth-order valence-electron chi connectivity index (χ4n) is 7.18. The summed E-state index contributed by atoms with van der Waals surface area (Å²) in [7, 11) is 0. The maximum atomic E-state index is 10.1. The minimum absolute atomic E-state index is 0.0940. The molecule has 0 amide bonds. The van der Waals surface area contributed by atoms with Gasteiger partial charge in [0.25, 0.3) is 0 Å². The highest BCUT2D eigenvalue weighted by Crippen LogP contribution is 2.62. The maximum Gasteiger partial charge on any atom is 0.0577 e. The van der Waals surface area contributed by atoms with Crippen LogP contribution in [0.25, 0.3) is 0 Å². The van der Waals surface area contributed by atoms with E-state index >= 15 is 0 Å². The van der Waals surface area contributed by atoms with E-state index in [-0.39, 0.29) is 6.10 Å². The lowest BCUT2D eigenvalue weighted by molar-refractivity contribution is -0.0169. The Bertz CT molecular complexity index is 484. The quantitative estimate of drug-likeness (QED) is 0.674. The number of allylic oxidation sites excluding steroid dienone is 1. The van der Waals surface area contributed by atoms with E-state index in [9.17, 15) is 10.2 Å². The van der Waals surface area contributed by atoms with Crippen LogP contribution in [-0.2, 0) is 0 Å². The van der Waals surface area contributed by atoms with Crippen LogP contribution >= 0.6 is 0 Å². The van der Waals surface area contributed by atoms with Crippen molar-refractivity contribution in [1.29, 1.82) is 0 Å². The van der Waals surface area contributed by atoms with Crippen molar-refractivity contribution in [3.63, 3.8) is 0 Å². The van der Waals surface area contributed by atoms with E-state index in [1.54, 1.807) is 5.57 Å². The van der Waals surface area contributed by atoms with Crippen LogP contribution in [0.4, 0.5) is 0 Å². The number of fused-ring (bicyclic) bond motifs is 5. The minimum Gasteiger partial charge on any atom is -0.396 e. The first kappa shape index (κ1) is 19.4. The van der Waals surface area contributed by atoms with E-state index in [1.165, 1.54) is 38.5 Å². The molecule has 3 saturated carbocycles.